The predicted octanol–water partition coefficient (Wildman–Crippen LogP) is 0.520. The summed E-state index contributed by atoms with van der Waals surface area (Å²) in [6.45, 7) is 0. The van der Waals surface area contributed by atoms with Crippen molar-refractivity contribution in [3.05, 3.63) is 24.3 Å². The topological polar surface area (TPSA) is 18.5 Å². The standard InChI is InChI=1S/C8H10O2.BH3/c1-9-7-5-3-4-6-8(7)10-2;/h3-6H,1-2H3;1H3. The summed E-state index contributed by atoms with van der Waals surface area (Å²) in [5.41, 5.74) is 0. The van der Waals surface area contributed by atoms with Crippen molar-refractivity contribution in [3.63, 3.8) is 0 Å². The Kier molecular flexibility index (Phi) is 4.19. The zero-order chi connectivity index (χ0) is 7.40. The van der Waals surface area contributed by atoms with Gasteiger partial charge in [0.05, 0.1) is 22.6 Å². The number of rotatable bonds is 2. The fraction of sp³-hybridized carbons (Fsp3) is 0.250. The van der Waals surface area contributed by atoms with Crippen molar-refractivity contribution in [2.75, 3.05) is 14.2 Å². The Hall–Kier alpha value is -1.12. The van der Waals surface area contributed by atoms with Crippen LogP contribution in [0.15, 0.2) is 24.3 Å². The lowest BCUT2D eigenvalue weighted by Crippen LogP contribution is -1.88. The van der Waals surface area contributed by atoms with Crippen molar-refractivity contribution in [1.29, 1.82) is 0 Å². The zero-order valence-electron chi connectivity index (χ0n) is 6.13. The molecule has 0 aliphatic rings. The minimum Gasteiger partial charge on any atom is -0.493 e. The van der Waals surface area contributed by atoms with E-state index < -0.39 is 0 Å². The quantitative estimate of drug-likeness (QED) is 0.575. The molecule has 11 heavy (non-hydrogen) atoms. The molecule has 0 saturated heterocycles. The van der Waals surface area contributed by atoms with Crippen molar-refractivity contribution in [2.45, 2.75) is 0 Å². The van der Waals surface area contributed by atoms with E-state index >= 15 is 0 Å². The molecule has 0 aliphatic carbocycles. The lowest BCUT2D eigenvalue weighted by Gasteiger charge is -2.04. The van der Waals surface area contributed by atoms with Crippen LogP contribution in [0.5, 0.6) is 11.5 Å². The van der Waals surface area contributed by atoms with Crippen molar-refractivity contribution in [3.8, 4) is 11.5 Å². The molecule has 0 amide bonds. The lowest BCUT2D eigenvalue weighted by molar-refractivity contribution is 0.355. The molecule has 3 heteroatoms. The van der Waals surface area contributed by atoms with Crippen molar-refractivity contribution >= 4 is 8.41 Å². The number of benzene rings is 1. The largest absolute Gasteiger partial charge is 0.493 e. The second-order valence-corrected chi connectivity index (χ2v) is 1.85. The minimum atomic E-state index is 0. The molecule has 2 nitrogen and oxygen atoms in total. The molecule has 0 unspecified atom stereocenters. The summed E-state index contributed by atoms with van der Waals surface area (Å²) in [7, 11) is 3.25. The first kappa shape index (κ1) is 9.88. The smallest absolute Gasteiger partial charge is 0.160 e. The summed E-state index contributed by atoms with van der Waals surface area (Å²) in [5.74, 6) is 1.54. The fourth-order valence-electron chi connectivity index (χ4n) is 0.787. The van der Waals surface area contributed by atoms with Gasteiger partial charge in [-0.1, -0.05) is 12.1 Å². The van der Waals surface area contributed by atoms with Gasteiger partial charge in [0.15, 0.2) is 11.5 Å². The second kappa shape index (κ2) is 4.66. The summed E-state index contributed by atoms with van der Waals surface area (Å²) in [6.07, 6.45) is 0. The van der Waals surface area contributed by atoms with Gasteiger partial charge in [-0.15, -0.1) is 0 Å². The van der Waals surface area contributed by atoms with Crippen LogP contribution in [0.1, 0.15) is 0 Å². The Morgan fingerprint density at radius 3 is 1.55 bits per heavy atom. The van der Waals surface area contributed by atoms with Gasteiger partial charge in [0, 0.05) is 0 Å². The minimum absolute atomic E-state index is 0. The fourth-order valence-corrected chi connectivity index (χ4v) is 0.787. The Morgan fingerprint density at radius 2 is 1.27 bits per heavy atom. The van der Waals surface area contributed by atoms with Crippen LogP contribution in [0.3, 0.4) is 0 Å². The van der Waals surface area contributed by atoms with E-state index in [1.54, 1.807) is 14.2 Å². The molecule has 0 aliphatic heterocycles. The molecule has 1 aromatic carbocycles. The summed E-state index contributed by atoms with van der Waals surface area (Å²) >= 11 is 0. The maximum absolute atomic E-state index is 5.01. The molecule has 0 N–H and O–H groups in total. The Bertz CT molecular complexity index is 190. The number of hydrogen-bond donors (Lipinski definition) is 0. The molecule has 0 fully saturated rings. The summed E-state index contributed by atoms with van der Waals surface area (Å²) in [4.78, 5) is 0. The van der Waals surface area contributed by atoms with Crippen molar-refractivity contribution in [2.24, 2.45) is 0 Å². The summed E-state index contributed by atoms with van der Waals surface area (Å²) < 4.78 is 10.0. The third-order valence-electron chi connectivity index (χ3n) is 1.29. The normalized spacial score (nSPS) is 8.18. The Morgan fingerprint density at radius 1 is 0.909 bits per heavy atom. The molecular weight excluding hydrogens is 139 g/mol. The van der Waals surface area contributed by atoms with E-state index in [1.165, 1.54) is 0 Å². The van der Waals surface area contributed by atoms with E-state index in [4.69, 9.17) is 9.47 Å². The molecule has 0 aromatic heterocycles. The molecule has 0 atom stereocenters. The van der Waals surface area contributed by atoms with Gasteiger partial charge in [0.2, 0.25) is 0 Å². The second-order valence-electron chi connectivity index (χ2n) is 1.85. The van der Waals surface area contributed by atoms with Gasteiger partial charge >= 0.3 is 0 Å². The summed E-state index contributed by atoms with van der Waals surface area (Å²) in [6, 6.07) is 7.53. The van der Waals surface area contributed by atoms with E-state index in [0.717, 1.165) is 11.5 Å². The molecule has 0 bridgehead atoms. The average Bonchev–Trinajstić information content (AvgIpc) is 2.04. The number of hydrogen-bond acceptors (Lipinski definition) is 2. The van der Waals surface area contributed by atoms with Gasteiger partial charge in [-0.05, 0) is 12.1 Å². The third-order valence-corrected chi connectivity index (χ3v) is 1.29. The van der Waals surface area contributed by atoms with E-state index in [-0.39, 0.29) is 8.41 Å². The zero-order valence-corrected chi connectivity index (χ0v) is 6.13. The number of para-hydroxylation sites is 2. The summed E-state index contributed by atoms with van der Waals surface area (Å²) in [5, 5.41) is 0. The van der Waals surface area contributed by atoms with E-state index in [1.807, 2.05) is 24.3 Å². The third kappa shape index (κ3) is 2.18. The van der Waals surface area contributed by atoms with E-state index in [9.17, 15) is 0 Å². The highest BCUT2D eigenvalue weighted by atomic mass is 16.5. The maximum Gasteiger partial charge on any atom is 0.160 e. The highest BCUT2D eigenvalue weighted by molar-refractivity contribution is 5.75. The Labute approximate surface area is 68.7 Å². The SMILES string of the molecule is B.COc1ccccc1OC. The molecule has 0 spiro atoms. The first-order valence-corrected chi connectivity index (χ1v) is 3.05. The first-order valence-electron chi connectivity index (χ1n) is 3.05. The highest BCUT2D eigenvalue weighted by Gasteiger charge is 1.97. The maximum atomic E-state index is 5.01. The molecule has 0 radical (unpaired) electrons. The molecule has 60 valence electrons. The van der Waals surface area contributed by atoms with Crippen LogP contribution in [0.2, 0.25) is 0 Å². The van der Waals surface area contributed by atoms with Crippen LogP contribution in [-0.2, 0) is 0 Å². The first-order chi connectivity index (χ1) is 4.88. The Balaban J connectivity index is 0.000001000. The highest BCUT2D eigenvalue weighted by Crippen LogP contribution is 2.24. The van der Waals surface area contributed by atoms with Gasteiger partial charge in [0.1, 0.15) is 0 Å². The van der Waals surface area contributed by atoms with Crippen LogP contribution in [0.4, 0.5) is 0 Å². The molecule has 1 aromatic rings. The number of ether oxygens (including phenoxy) is 2. The van der Waals surface area contributed by atoms with Crippen LogP contribution >= 0.6 is 0 Å². The van der Waals surface area contributed by atoms with Gasteiger partial charge in [0.25, 0.3) is 0 Å². The number of methoxy groups -OCH3 is 2. The van der Waals surface area contributed by atoms with Gasteiger partial charge < -0.3 is 9.47 Å². The van der Waals surface area contributed by atoms with Gasteiger partial charge in [-0.25, -0.2) is 0 Å². The van der Waals surface area contributed by atoms with Gasteiger partial charge in [-0.3, -0.25) is 0 Å². The monoisotopic (exact) mass is 152 g/mol. The molecule has 1 rings (SSSR count). The van der Waals surface area contributed by atoms with Crippen LogP contribution in [0, 0.1) is 0 Å². The van der Waals surface area contributed by atoms with E-state index in [2.05, 4.69) is 0 Å². The lowest BCUT2D eigenvalue weighted by atomic mass is 10.3. The van der Waals surface area contributed by atoms with Crippen molar-refractivity contribution < 1.29 is 9.47 Å². The molecular formula is C8H13BO2. The van der Waals surface area contributed by atoms with Crippen LogP contribution < -0.4 is 9.47 Å². The molecule has 0 saturated carbocycles. The van der Waals surface area contributed by atoms with Gasteiger partial charge in [-0.2, -0.15) is 0 Å². The van der Waals surface area contributed by atoms with Crippen molar-refractivity contribution in [1.82, 2.24) is 0 Å². The molecule has 0 heterocycles. The van der Waals surface area contributed by atoms with Crippen LogP contribution in [-0.4, -0.2) is 22.6 Å². The van der Waals surface area contributed by atoms with E-state index in [0.29, 0.717) is 0 Å². The predicted molar refractivity (Wildman–Crippen MR) is 49.5 cm³/mol. The van der Waals surface area contributed by atoms with Crippen LogP contribution in [0.25, 0.3) is 0 Å². The average molecular weight is 152 g/mol.